The minimum Gasteiger partial charge on any atom is -0.368 e. The standard InChI is InChI=1S/C31H34N4O3/c1-4-17-35(31(38)26-11-7-24(3)8-12-26)22-29(36)32-27-13-15-28(16-14-27)33-18-20-34(21-19-33)30(37)25-9-5-23(2)6-10-25/h4-16H,1,17-22H2,2-3H3,(H,32,36). The molecule has 3 aromatic carbocycles. The van der Waals surface area contributed by atoms with E-state index in [2.05, 4.69) is 16.8 Å². The van der Waals surface area contributed by atoms with Crippen molar-refractivity contribution < 1.29 is 14.4 Å². The van der Waals surface area contributed by atoms with Gasteiger partial charge in [-0.1, -0.05) is 41.5 Å². The van der Waals surface area contributed by atoms with Crippen molar-refractivity contribution in [1.82, 2.24) is 9.80 Å². The molecule has 3 amide bonds. The molecule has 0 radical (unpaired) electrons. The Balaban J connectivity index is 1.30. The minimum atomic E-state index is -0.275. The van der Waals surface area contributed by atoms with Crippen LogP contribution in [0, 0.1) is 13.8 Å². The lowest BCUT2D eigenvalue weighted by atomic mass is 10.1. The fraction of sp³-hybridized carbons (Fsp3) is 0.258. The van der Waals surface area contributed by atoms with Crippen molar-refractivity contribution in [3.05, 3.63) is 108 Å². The van der Waals surface area contributed by atoms with Gasteiger partial charge in [-0.25, -0.2) is 0 Å². The Morgan fingerprint density at radius 3 is 1.92 bits per heavy atom. The molecule has 1 aliphatic heterocycles. The van der Waals surface area contributed by atoms with Gasteiger partial charge >= 0.3 is 0 Å². The largest absolute Gasteiger partial charge is 0.368 e. The zero-order valence-corrected chi connectivity index (χ0v) is 22.0. The Hall–Kier alpha value is -4.39. The summed E-state index contributed by atoms with van der Waals surface area (Å²) in [6.07, 6.45) is 1.61. The zero-order valence-electron chi connectivity index (χ0n) is 22.0. The van der Waals surface area contributed by atoms with Crippen LogP contribution >= 0.6 is 0 Å². The summed E-state index contributed by atoms with van der Waals surface area (Å²) in [4.78, 5) is 44.0. The second-order valence-electron chi connectivity index (χ2n) is 9.58. The van der Waals surface area contributed by atoms with Crippen LogP contribution in [0.4, 0.5) is 11.4 Å². The summed E-state index contributed by atoms with van der Waals surface area (Å²) in [7, 11) is 0. The van der Waals surface area contributed by atoms with Gasteiger partial charge in [0.1, 0.15) is 6.54 Å². The predicted molar refractivity (Wildman–Crippen MR) is 152 cm³/mol. The minimum absolute atomic E-state index is 0.0640. The van der Waals surface area contributed by atoms with Crippen LogP contribution in [0.25, 0.3) is 0 Å². The predicted octanol–water partition coefficient (Wildman–Crippen LogP) is 4.53. The maximum absolute atomic E-state index is 12.9. The average Bonchev–Trinajstić information content (AvgIpc) is 2.93. The van der Waals surface area contributed by atoms with Crippen LogP contribution < -0.4 is 10.2 Å². The Kier molecular flexibility index (Phi) is 8.58. The smallest absolute Gasteiger partial charge is 0.254 e. The molecule has 0 spiro atoms. The van der Waals surface area contributed by atoms with Crippen molar-refractivity contribution in [3.63, 3.8) is 0 Å². The molecule has 1 saturated heterocycles. The lowest BCUT2D eigenvalue weighted by molar-refractivity contribution is -0.116. The third kappa shape index (κ3) is 6.68. The van der Waals surface area contributed by atoms with E-state index in [1.807, 2.05) is 79.4 Å². The fourth-order valence-corrected chi connectivity index (χ4v) is 4.43. The van der Waals surface area contributed by atoms with Crippen molar-refractivity contribution in [3.8, 4) is 0 Å². The molecular formula is C31H34N4O3. The number of hydrogen-bond acceptors (Lipinski definition) is 4. The molecule has 1 heterocycles. The summed E-state index contributed by atoms with van der Waals surface area (Å²) in [6, 6.07) is 22.6. The first kappa shape index (κ1) is 26.7. The van der Waals surface area contributed by atoms with Crippen LogP contribution in [0.3, 0.4) is 0 Å². The molecule has 0 saturated carbocycles. The van der Waals surface area contributed by atoms with Gasteiger partial charge < -0.3 is 20.0 Å². The molecule has 3 aromatic rings. The molecule has 0 bridgehead atoms. The van der Waals surface area contributed by atoms with Crippen LogP contribution in [0.1, 0.15) is 31.8 Å². The van der Waals surface area contributed by atoms with E-state index in [1.54, 1.807) is 18.2 Å². The van der Waals surface area contributed by atoms with Gasteiger partial charge in [0.2, 0.25) is 5.91 Å². The quantitative estimate of drug-likeness (QED) is 0.452. The van der Waals surface area contributed by atoms with Crippen molar-refractivity contribution in [2.24, 2.45) is 0 Å². The molecule has 38 heavy (non-hydrogen) atoms. The van der Waals surface area contributed by atoms with Gasteiger partial charge in [0.05, 0.1) is 0 Å². The molecule has 196 valence electrons. The first-order valence-electron chi connectivity index (χ1n) is 12.8. The molecule has 0 atom stereocenters. The normalized spacial score (nSPS) is 13.1. The number of amides is 3. The van der Waals surface area contributed by atoms with Gasteiger partial charge in [0, 0.05) is 55.2 Å². The summed E-state index contributed by atoms with van der Waals surface area (Å²) in [6.45, 7) is 10.7. The van der Waals surface area contributed by atoms with Crippen molar-refractivity contribution in [1.29, 1.82) is 0 Å². The summed E-state index contributed by atoms with van der Waals surface area (Å²) < 4.78 is 0. The van der Waals surface area contributed by atoms with Crippen LogP contribution in [0.15, 0.2) is 85.5 Å². The molecule has 7 heteroatoms. The number of benzene rings is 3. The molecule has 0 aromatic heterocycles. The molecule has 0 unspecified atom stereocenters. The van der Waals surface area contributed by atoms with Gasteiger partial charge in [0.15, 0.2) is 0 Å². The van der Waals surface area contributed by atoms with Gasteiger partial charge in [0.25, 0.3) is 11.8 Å². The Labute approximate surface area is 224 Å². The number of nitrogens with one attached hydrogen (secondary N) is 1. The van der Waals surface area contributed by atoms with Gasteiger partial charge in [-0.05, 0) is 62.4 Å². The van der Waals surface area contributed by atoms with Crippen LogP contribution in [-0.4, -0.2) is 66.8 Å². The second kappa shape index (κ2) is 12.2. The first-order chi connectivity index (χ1) is 18.3. The number of carbonyl (C=O) groups is 3. The van der Waals surface area contributed by atoms with Crippen LogP contribution in [0.2, 0.25) is 0 Å². The van der Waals surface area contributed by atoms with E-state index in [1.165, 1.54) is 4.90 Å². The molecule has 1 fully saturated rings. The van der Waals surface area contributed by atoms with Gasteiger partial charge in [-0.2, -0.15) is 0 Å². The van der Waals surface area contributed by atoms with E-state index in [-0.39, 0.29) is 30.8 Å². The van der Waals surface area contributed by atoms with E-state index < -0.39 is 0 Å². The highest BCUT2D eigenvalue weighted by molar-refractivity contribution is 5.99. The number of aryl methyl sites for hydroxylation is 2. The lowest BCUT2D eigenvalue weighted by Crippen LogP contribution is -2.48. The fourth-order valence-electron chi connectivity index (χ4n) is 4.43. The van der Waals surface area contributed by atoms with E-state index >= 15 is 0 Å². The van der Waals surface area contributed by atoms with Crippen LogP contribution in [-0.2, 0) is 4.79 Å². The molecule has 7 nitrogen and oxygen atoms in total. The number of piperazine rings is 1. The van der Waals surface area contributed by atoms with Crippen molar-refractivity contribution in [2.45, 2.75) is 13.8 Å². The van der Waals surface area contributed by atoms with E-state index in [9.17, 15) is 14.4 Å². The van der Waals surface area contributed by atoms with Gasteiger partial charge in [-0.3, -0.25) is 14.4 Å². The topological polar surface area (TPSA) is 73.0 Å². The Morgan fingerprint density at radius 1 is 0.816 bits per heavy atom. The maximum Gasteiger partial charge on any atom is 0.254 e. The third-order valence-corrected chi connectivity index (χ3v) is 6.65. The third-order valence-electron chi connectivity index (χ3n) is 6.65. The zero-order chi connectivity index (χ0) is 27.1. The molecule has 1 N–H and O–H groups in total. The van der Waals surface area contributed by atoms with E-state index in [0.717, 1.165) is 35.5 Å². The number of rotatable bonds is 8. The highest BCUT2D eigenvalue weighted by Crippen LogP contribution is 2.20. The number of anilines is 2. The molecule has 1 aliphatic rings. The summed E-state index contributed by atoms with van der Waals surface area (Å²) in [5.74, 6) is -0.423. The second-order valence-corrected chi connectivity index (χ2v) is 9.58. The van der Waals surface area contributed by atoms with Crippen molar-refractivity contribution in [2.75, 3.05) is 49.5 Å². The van der Waals surface area contributed by atoms with E-state index in [0.29, 0.717) is 24.3 Å². The maximum atomic E-state index is 12.9. The molecule has 4 rings (SSSR count). The van der Waals surface area contributed by atoms with Gasteiger partial charge in [-0.15, -0.1) is 6.58 Å². The summed E-state index contributed by atoms with van der Waals surface area (Å²) in [5.41, 5.74) is 5.15. The summed E-state index contributed by atoms with van der Waals surface area (Å²) in [5, 5.41) is 2.88. The monoisotopic (exact) mass is 510 g/mol. The highest BCUT2D eigenvalue weighted by atomic mass is 16.2. The van der Waals surface area contributed by atoms with E-state index in [4.69, 9.17) is 0 Å². The van der Waals surface area contributed by atoms with Crippen LogP contribution in [0.5, 0.6) is 0 Å². The highest BCUT2D eigenvalue weighted by Gasteiger charge is 2.22. The molecular weight excluding hydrogens is 476 g/mol. The Morgan fingerprint density at radius 2 is 1.37 bits per heavy atom. The average molecular weight is 511 g/mol. The summed E-state index contributed by atoms with van der Waals surface area (Å²) >= 11 is 0. The molecule has 0 aliphatic carbocycles. The number of hydrogen-bond donors (Lipinski definition) is 1. The Bertz CT molecular complexity index is 1280. The number of nitrogens with zero attached hydrogens (tertiary/aromatic N) is 3. The number of carbonyl (C=O) groups excluding carboxylic acids is 3. The van der Waals surface area contributed by atoms with Crippen molar-refractivity contribution >= 4 is 29.1 Å². The first-order valence-corrected chi connectivity index (χ1v) is 12.8. The SMILES string of the molecule is C=CCN(CC(=O)Nc1ccc(N2CCN(C(=O)c3ccc(C)cc3)CC2)cc1)C(=O)c1ccc(C)cc1. The lowest BCUT2D eigenvalue weighted by Gasteiger charge is -2.36.